The summed E-state index contributed by atoms with van der Waals surface area (Å²) in [4.78, 5) is 26.9. The molecule has 1 aromatic carbocycles. The van der Waals surface area contributed by atoms with Crippen molar-refractivity contribution in [3.8, 4) is 0 Å². The molecule has 6 nitrogen and oxygen atoms in total. The SMILES string of the molecule is NNC(=O)N1CCN(C(=O)CCc2ccccc2)CC1. The Balaban J connectivity index is 1.76. The third kappa shape index (κ3) is 3.71. The molecule has 0 bridgehead atoms. The van der Waals surface area contributed by atoms with Crippen molar-refractivity contribution in [1.82, 2.24) is 15.2 Å². The first-order valence-corrected chi connectivity index (χ1v) is 6.78. The maximum atomic E-state index is 12.1. The maximum absolute atomic E-state index is 12.1. The van der Waals surface area contributed by atoms with Gasteiger partial charge in [-0.2, -0.15) is 0 Å². The summed E-state index contributed by atoms with van der Waals surface area (Å²) in [7, 11) is 0. The lowest BCUT2D eigenvalue weighted by Crippen LogP contribution is -2.54. The summed E-state index contributed by atoms with van der Waals surface area (Å²) in [6, 6.07) is 9.68. The Morgan fingerprint density at radius 3 is 2.25 bits per heavy atom. The van der Waals surface area contributed by atoms with Crippen molar-refractivity contribution in [2.45, 2.75) is 12.8 Å². The van der Waals surface area contributed by atoms with Crippen LogP contribution in [0.1, 0.15) is 12.0 Å². The zero-order valence-electron chi connectivity index (χ0n) is 11.4. The highest BCUT2D eigenvalue weighted by atomic mass is 16.2. The summed E-state index contributed by atoms with van der Waals surface area (Å²) in [5.41, 5.74) is 3.28. The van der Waals surface area contributed by atoms with Crippen molar-refractivity contribution in [3.63, 3.8) is 0 Å². The van der Waals surface area contributed by atoms with E-state index in [0.717, 1.165) is 6.42 Å². The van der Waals surface area contributed by atoms with Crippen LogP contribution >= 0.6 is 0 Å². The van der Waals surface area contributed by atoms with Gasteiger partial charge in [0.2, 0.25) is 5.91 Å². The van der Waals surface area contributed by atoms with Gasteiger partial charge in [0.1, 0.15) is 0 Å². The van der Waals surface area contributed by atoms with E-state index in [4.69, 9.17) is 5.84 Å². The number of benzene rings is 1. The van der Waals surface area contributed by atoms with Crippen LogP contribution in [-0.4, -0.2) is 47.9 Å². The number of nitrogens with one attached hydrogen (secondary N) is 1. The van der Waals surface area contributed by atoms with E-state index < -0.39 is 0 Å². The Kier molecular flexibility index (Phi) is 4.95. The van der Waals surface area contributed by atoms with Crippen LogP contribution in [0.25, 0.3) is 0 Å². The molecule has 3 amide bonds. The Morgan fingerprint density at radius 1 is 1.05 bits per heavy atom. The Bertz CT molecular complexity index is 456. The van der Waals surface area contributed by atoms with Crippen molar-refractivity contribution >= 4 is 11.9 Å². The van der Waals surface area contributed by atoms with Crippen LogP contribution in [0.3, 0.4) is 0 Å². The van der Waals surface area contributed by atoms with E-state index in [2.05, 4.69) is 5.43 Å². The molecule has 1 saturated heterocycles. The number of aryl methyl sites for hydroxylation is 1. The minimum Gasteiger partial charge on any atom is -0.339 e. The number of carbonyl (C=O) groups excluding carboxylic acids is 2. The number of hydrogen-bond acceptors (Lipinski definition) is 3. The number of hydrazine groups is 1. The van der Waals surface area contributed by atoms with E-state index in [9.17, 15) is 9.59 Å². The predicted molar refractivity (Wildman–Crippen MR) is 75.6 cm³/mol. The van der Waals surface area contributed by atoms with Gasteiger partial charge in [0.25, 0.3) is 0 Å². The smallest absolute Gasteiger partial charge is 0.331 e. The van der Waals surface area contributed by atoms with Crippen LogP contribution in [0, 0.1) is 0 Å². The zero-order valence-corrected chi connectivity index (χ0v) is 11.4. The molecule has 2 rings (SSSR count). The number of urea groups is 1. The average molecular weight is 276 g/mol. The maximum Gasteiger partial charge on any atom is 0.331 e. The molecule has 1 aliphatic heterocycles. The molecule has 1 fully saturated rings. The number of carbonyl (C=O) groups is 2. The lowest BCUT2D eigenvalue weighted by atomic mass is 10.1. The fourth-order valence-corrected chi connectivity index (χ4v) is 2.30. The lowest BCUT2D eigenvalue weighted by molar-refractivity contribution is -0.132. The van der Waals surface area contributed by atoms with E-state index in [0.29, 0.717) is 32.6 Å². The monoisotopic (exact) mass is 276 g/mol. The van der Waals surface area contributed by atoms with Crippen molar-refractivity contribution in [1.29, 1.82) is 0 Å². The Hall–Kier alpha value is -2.08. The quantitative estimate of drug-likeness (QED) is 0.475. The number of nitrogens with zero attached hydrogens (tertiary/aromatic N) is 2. The van der Waals surface area contributed by atoms with Crippen molar-refractivity contribution in [2.75, 3.05) is 26.2 Å². The first-order valence-electron chi connectivity index (χ1n) is 6.78. The van der Waals surface area contributed by atoms with Gasteiger partial charge in [0.05, 0.1) is 0 Å². The molecule has 0 radical (unpaired) electrons. The fourth-order valence-electron chi connectivity index (χ4n) is 2.30. The van der Waals surface area contributed by atoms with E-state index in [-0.39, 0.29) is 11.9 Å². The van der Waals surface area contributed by atoms with Crippen molar-refractivity contribution in [3.05, 3.63) is 35.9 Å². The average Bonchev–Trinajstić information content (AvgIpc) is 2.53. The molecule has 1 aliphatic rings. The number of rotatable bonds is 3. The van der Waals surface area contributed by atoms with Gasteiger partial charge in [-0.05, 0) is 12.0 Å². The normalized spacial score (nSPS) is 15.1. The Labute approximate surface area is 118 Å². The third-order valence-corrected chi connectivity index (χ3v) is 3.51. The number of nitrogens with two attached hydrogens (primary N) is 1. The van der Waals surface area contributed by atoms with Crippen LogP contribution < -0.4 is 11.3 Å². The molecular weight excluding hydrogens is 256 g/mol. The van der Waals surface area contributed by atoms with Crippen LogP contribution in [0.4, 0.5) is 4.79 Å². The van der Waals surface area contributed by atoms with E-state index in [1.807, 2.05) is 35.2 Å². The summed E-state index contributed by atoms with van der Waals surface area (Å²) >= 11 is 0. The van der Waals surface area contributed by atoms with E-state index in [1.165, 1.54) is 5.56 Å². The number of amides is 3. The van der Waals surface area contributed by atoms with Gasteiger partial charge >= 0.3 is 6.03 Å². The number of hydrogen-bond donors (Lipinski definition) is 2. The lowest BCUT2D eigenvalue weighted by Gasteiger charge is -2.34. The topological polar surface area (TPSA) is 78.7 Å². The van der Waals surface area contributed by atoms with Crippen LogP contribution in [0.15, 0.2) is 30.3 Å². The van der Waals surface area contributed by atoms with Gasteiger partial charge in [0.15, 0.2) is 0 Å². The van der Waals surface area contributed by atoms with Gasteiger partial charge in [0, 0.05) is 32.6 Å². The summed E-state index contributed by atoms with van der Waals surface area (Å²) in [5, 5.41) is 0. The molecular formula is C14H20N4O2. The molecule has 0 spiro atoms. The first-order chi connectivity index (χ1) is 9.70. The first kappa shape index (κ1) is 14.3. The highest BCUT2D eigenvalue weighted by molar-refractivity contribution is 5.77. The predicted octanol–water partition coefficient (Wildman–Crippen LogP) is 0.347. The molecule has 108 valence electrons. The minimum absolute atomic E-state index is 0.140. The minimum atomic E-state index is -0.290. The molecule has 0 unspecified atom stereocenters. The largest absolute Gasteiger partial charge is 0.339 e. The third-order valence-electron chi connectivity index (χ3n) is 3.51. The summed E-state index contributed by atoms with van der Waals surface area (Å²) in [6.07, 6.45) is 1.26. The molecule has 1 heterocycles. The standard InChI is InChI=1S/C14H20N4O2/c15-16-14(20)18-10-8-17(9-11-18)13(19)7-6-12-4-2-1-3-5-12/h1-5H,6-11,15H2,(H,16,20). The van der Waals surface area contributed by atoms with Gasteiger partial charge < -0.3 is 9.80 Å². The van der Waals surface area contributed by atoms with Gasteiger partial charge in [-0.15, -0.1) is 0 Å². The number of piperazine rings is 1. The highest BCUT2D eigenvalue weighted by Crippen LogP contribution is 2.07. The molecule has 0 saturated carbocycles. The zero-order chi connectivity index (χ0) is 14.4. The molecule has 3 N–H and O–H groups in total. The van der Waals surface area contributed by atoms with Crippen LogP contribution in [0.2, 0.25) is 0 Å². The summed E-state index contributed by atoms with van der Waals surface area (Å²) < 4.78 is 0. The molecule has 0 atom stereocenters. The van der Waals surface area contributed by atoms with E-state index in [1.54, 1.807) is 4.90 Å². The van der Waals surface area contributed by atoms with E-state index >= 15 is 0 Å². The molecule has 20 heavy (non-hydrogen) atoms. The molecule has 1 aromatic rings. The summed E-state index contributed by atoms with van der Waals surface area (Å²) in [5.74, 6) is 5.23. The second kappa shape index (κ2) is 6.91. The molecule has 6 heteroatoms. The fraction of sp³-hybridized carbons (Fsp3) is 0.429. The summed E-state index contributed by atoms with van der Waals surface area (Å²) in [6.45, 7) is 2.20. The molecule has 0 aromatic heterocycles. The van der Waals surface area contributed by atoms with Crippen molar-refractivity contribution in [2.24, 2.45) is 5.84 Å². The Morgan fingerprint density at radius 2 is 1.65 bits per heavy atom. The second-order valence-corrected chi connectivity index (χ2v) is 4.80. The van der Waals surface area contributed by atoms with Gasteiger partial charge in [-0.1, -0.05) is 30.3 Å². The van der Waals surface area contributed by atoms with Gasteiger partial charge in [-0.25, -0.2) is 10.6 Å². The van der Waals surface area contributed by atoms with Crippen LogP contribution in [0.5, 0.6) is 0 Å². The molecule has 0 aliphatic carbocycles. The van der Waals surface area contributed by atoms with Crippen LogP contribution in [-0.2, 0) is 11.2 Å². The second-order valence-electron chi connectivity index (χ2n) is 4.80. The van der Waals surface area contributed by atoms with Crippen molar-refractivity contribution < 1.29 is 9.59 Å². The highest BCUT2D eigenvalue weighted by Gasteiger charge is 2.23. The van der Waals surface area contributed by atoms with Gasteiger partial charge in [-0.3, -0.25) is 10.2 Å².